The van der Waals surface area contributed by atoms with Crippen LogP contribution in [0.4, 0.5) is 0 Å². The summed E-state index contributed by atoms with van der Waals surface area (Å²) in [5, 5.41) is 0. The Kier molecular flexibility index (Phi) is 12.1. The van der Waals surface area contributed by atoms with Gasteiger partial charge in [0.2, 0.25) is 0 Å². The highest BCUT2D eigenvalue weighted by Crippen LogP contribution is 2.42. The number of rotatable bonds is 14. The van der Waals surface area contributed by atoms with Gasteiger partial charge in [0.05, 0.1) is 19.8 Å². The molecule has 0 unspecified atom stereocenters. The van der Waals surface area contributed by atoms with E-state index in [-0.39, 0.29) is 6.29 Å². The molecule has 188 valence electrons. The zero-order valence-electron chi connectivity index (χ0n) is 21.8. The van der Waals surface area contributed by atoms with Crippen molar-refractivity contribution in [2.24, 2.45) is 11.8 Å². The maximum absolute atomic E-state index is 6.27. The highest BCUT2D eigenvalue weighted by atomic mass is 16.7. The fourth-order valence-corrected chi connectivity index (χ4v) is 5.61. The number of ether oxygens (including phenoxy) is 3. The van der Waals surface area contributed by atoms with Gasteiger partial charge < -0.3 is 14.2 Å². The summed E-state index contributed by atoms with van der Waals surface area (Å²) in [4.78, 5) is 0. The van der Waals surface area contributed by atoms with Crippen molar-refractivity contribution in [3.63, 3.8) is 0 Å². The topological polar surface area (TPSA) is 27.7 Å². The van der Waals surface area contributed by atoms with Crippen molar-refractivity contribution in [1.82, 2.24) is 0 Å². The van der Waals surface area contributed by atoms with Crippen molar-refractivity contribution < 1.29 is 14.2 Å². The minimum atomic E-state index is -0.214. The first-order valence-electron chi connectivity index (χ1n) is 14.2. The molecule has 2 fully saturated rings. The highest BCUT2D eigenvalue weighted by Gasteiger charge is 2.30. The lowest BCUT2D eigenvalue weighted by Crippen LogP contribution is -2.28. The minimum Gasteiger partial charge on any atom is -0.494 e. The van der Waals surface area contributed by atoms with E-state index in [2.05, 4.69) is 39.0 Å². The standard InChI is InChI=1S/C30H50O3/c1-4-7-9-10-11-13-24-14-16-26(17-15-24)29-21-27(31-20-6-3)18-19-28(29)30-32-22-25(23-33-30)12-8-5-2/h18-19,21,24-26,30H,4-17,20,22-23H2,1-3H3. The molecule has 1 saturated carbocycles. The van der Waals surface area contributed by atoms with Gasteiger partial charge >= 0.3 is 0 Å². The van der Waals surface area contributed by atoms with E-state index in [0.717, 1.165) is 37.9 Å². The Balaban J connectivity index is 1.60. The third-order valence-corrected chi connectivity index (χ3v) is 7.72. The van der Waals surface area contributed by atoms with E-state index >= 15 is 0 Å². The molecular weight excluding hydrogens is 408 g/mol. The van der Waals surface area contributed by atoms with Gasteiger partial charge in [-0.2, -0.15) is 0 Å². The second-order valence-electron chi connectivity index (χ2n) is 10.6. The Bertz CT molecular complexity index is 642. The predicted octanol–water partition coefficient (Wildman–Crippen LogP) is 8.96. The lowest BCUT2D eigenvalue weighted by molar-refractivity contribution is -0.206. The van der Waals surface area contributed by atoms with Crippen molar-refractivity contribution in [1.29, 1.82) is 0 Å². The molecule has 0 spiro atoms. The summed E-state index contributed by atoms with van der Waals surface area (Å²) in [6.45, 7) is 9.14. The van der Waals surface area contributed by atoms with Crippen molar-refractivity contribution in [3.05, 3.63) is 29.3 Å². The minimum absolute atomic E-state index is 0.214. The molecule has 1 aliphatic carbocycles. The maximum atomic E-state index is 6.27. The first kappa shape index (κ1) is 26.5. The molecule has 1 aromatic carbocycles. The van der Waals surface area contributed by atoms with Crippen LogP contribution in [0.5, 0.6) is 5.75 Å². The van der Waals surface area contributed by atoms with Crippen LogP contribution in [0.3, 0.4) is 0 Å². The SMILES string of the molecule is CCCCCCCC1CCC(c2cc(OCCC)ccc2C2OCC(CCCC)CO2)CC1. The van der Waals surface area contributed by atoms with Gasteiger partial charge in [0.1, 0.15) is 5.75 Å². The van der Waals surface area contributed by atoms with Gasteiger partial charge in [-0.3, -0.25) is 0 Å². The van der Waals surface area contributed by atoms with Gasteiger partial charge in [-0.25, -0.2) is 0 Å². The number of unbranched alkanes of at least 4 members (excludes halogenated alkanes) is 5. The third kappa shape index (κ3) is 8.58. The van der Waals surface area contributed by atoms with Crippen LogP contribution in [0.25, 0.3) is 0 Å². The molecule has 1 aliphatic heterocycles. The van der Waals surface area contributed by atoms with E-state index in [4.69, 9.17) is 14.2 Å². The molecule has 33 heavy (non-hydrogen) atoms. The lowest BCUT2D eigenvalue weighted by atomic mass is 9.76. The van der Waals surface area contributed by atoms with E-state index < -0.39 is 0 Å². The molecule has 0 radical (unpaired) electrons. The van der Waals surface area contributed by atoms with Crippen LogP contribution in [0, 0.1) is 11.8 Å². The monoisotopic (exact) mass is 458 g/mol. The molecule has 1 aromatic rings. The number of benzene rings is 1. The van der Waals surface area contributed by atoms with E-state index in [1.807, 2.05) is 0 Å². The summed E-state index contributed by atoms with van der Waals surface area (Å²) >= 11 is 0. The molecule has 1 heterocycles. The van der Waals surface area contributed by atoms with Crippen LogP contribution in [0.1, 0.15) is 134 Å². The van der Waals surface area contributed by atoms with Gasteiger partial charge in [0.25, 0.3) is 0 Å². The number of hydrogen-bond donors (Lipinski definition) is 0. The summed E-state index contributed by atoms with van der Waals surface area (Å²) in [6, 6.07) is 6.64. The Hall–Kier alpha value is -1.06. The normalized spacial score (nSPS) is 25.8. The second-order valence-corrected chi connectivity index (χ2v) is 10.6. The first-order chi connectivity index (χ1) is 16.2. The molecular formula is C30H50O3. The fraction of sp³-hybridized carbons (Fsp3) is 0.800. The van der Waals surface area contributed by atoms with Crippen molar-refractivity contribution in [2.75, 3.05) is 19.8 Å². The molecule has 1 saturated heterocycles. The van der Waals surface area contributed by atoms with Crippen LogP contribution in [-0.4, -0.2) is 19.8 Å². The predicted molar refractivity (Wildman–Crippen MR) is 138 cm³/mol. The molecule has 0 atom stereocenters. The molecule has 0 aromatic heterocycles. The van der Waals surface area contributed by atoms with Crippen LogP contribution < -0.4 is 4.74 Å². The molecule has 3 nitrogen and oxygen atoms in total. The number of hydrogen-bond acceptors (Lipinski definition) is 3. The summed E-state index contributed by atoms with van der Waals surface area (Å²) in [5.74, 6) is 3.08. The van der Waals surface area contributed by atoms with Crippen LogP contribution in [0.15, 0.2) is 18.2 Å². The quantitative estimate of drug-likeness (QED) is 0.260. The van der Waals surface area contributed by atoms with E-state index in [1.165, 1.54) is 94.6 Å². The third-order valence-electron chi connectivity index (χ3n) is 7.72. The largest absolute Gasteiger partial charge is 0.494 e. The fourth-order valence-electron chi connectivity index (χ4n) is 5.61. The first-order valence-corrected chi connectivity index (χ1v) is 14.2. The molecule has 0 N–H and O–H groups in total. The van der Waals surface area contributed by atoms with E-state index in [9.17, 15) is 0 Å². The smallest absolute Gasteiger partial charge is 0.184 e. The highest BCUT2D eigenvalue weighted by molar-refractivity contribution is 5.39. The Labute approximate surface area is 204 Å². The molecule has 3 heteroatoms. The summed E-state index contributed by atoms with van der Waals surface area (Å²) < 4.78 is 18.6. The van der Waals surface area contributed by atoms with Gasteiger partial charge in [-0.1, -0.05) is 72.1 Å². The maximum Gasteiger partial charge on any atom is 0.184 e. The lowest BCUT2D eigenvalue weighted by Gasteiger charge is -2.34. The average molecular weight is 459 g/mol. The Morgan fingerprint density at radius 2 is 1.42 bits per heavy atom. The molecule has 0 amide bonds. The average Bonchev–Trinajstić information content (AvgIpc) is 2.87. The molecule has 0 bridgehead atoms. The van der Waals surface area contributed by atoms with Crippen LogP contribution in [-0.2, 0) is 9.47 Å². The molecule has 2 aliphatic rings. The van der Waals surface area contributed by atoms with Gasteiger partial charge in [0.15, 0.2) is 6.29 Å². The zero-order valence-corrected chi connectivity index (χ0v) is 21.8. The molecule has 3 rings (SSSR count). The van der Waals surface area contributed by atoms with E-state index in [1.54, 1.807) is 0 Å². The summed E-state index contributed by atoms with van der Waals surface area (Å²) in [6.07, 6.45) is 18.3. The Morgan fingerprint density at radius 3 is 2.12 bits per heavy atom. The van der Waals surface area contributed by atoms with Gasteiger partial charge in [-0.15, -0.1) is 0 Å². The zero-order chi connectivity index (χ0) is 23.3. The van der Waals surface area contributed by atoms with Crippen molar-refractivity contribution >= 4 is 0 Å². The van der Waals surface area contributed by atoms with E-state index in [0.29, 0.717) is 11.8 Å². The van der Waals surface area contributed by atoms with Gasteiger partial charge in [-0.05, 0) is 74.1 Å². The summed E-state index contributed by atoms with van der Waals surface area (Å²) in [5.41, 5.74) is 2.66. The Morgan fingerprint density at radius 1 is 0.727 bits per heavy atom. The van der Waals surface area contributed by atoms with Gasteiger partial charge in [0, 0.05) is 11.5 Å². The second kappa shape index (κ2) is 15.0. The van der Waals surface area contributed by atoms with Crippen molar-refractivity contribution in [2.45, 2.75) is 123 Å². The summed E-state index contributed by atoms with van der Waals surface area (Å²) in [7, 11) is 0. The van der Waals surface area contributed by atoms with Crippen LogP contribution >= 0.6 is 0 Å². The van der Waals surface area contributed by atoms with Crippen LogP contribution in [0.2, 0.25) is 0 Å². The van der Waals surface area contributed by atoms with Crippen molar-refractivity contribution in [3.8, 4) is 5.75 Å².